The van der Waals surface area contributed by atoms with E-state index in [-0.39, 0.29) is 5.57 Å². The third-order valence-electron chi connectivity index (χ3n) is 0.365. The van der Waals surface area contributed by atoms with Crippen LogP contribution in [0, 0.1) is 0 Å². The first kappa shape index (κ1) is 11.9. The predicted octanol–water partition coefficient (Wildman–Crippen LogP) is 1.00. The zero-order valence-electron chi connectivity index (χ0n) is 6.72. The van der Waals surface area contributed by atoms with Gasteiger partial charge in [0, 0.05) is 5.57 Å². The summed E-state index contributed by atoms with van der Waals surface area (Å²) in [6, 6.07) is 0.333. The number of hydrogen-bond acceptors (Lipinski definition) is 2. The van der Waals surface area contributed by atoms with Crippen LogP contribution in [-0.4, -0.2) is 17.1 Å². The van der Waals surface area contributed by atoms with Gasteiger partial charge in [0.05, 0.1) is 0 Å². The van der Waals surface area contributed by atoms with E-state index < -0.39 is 5.97 Å². The highest BCUT2D eigenvalue weighted by Gasteiger charge is 1.90. The lowest BCUT2D eigenvalue weighted by molar-refractivity contribution is -0.132. The van der Waals surface area contributed by atoms with Crippen molar-refractivity contribution in [1.82, 2.24) is 0 Å². The molecule has 0 bridgehead atoms. The summed E-state index contributed by atoms with van der Waals surface area (Å²) in [6.07, 6.45) is 0. The van der Waals surface area contributed by atoms with Crippen LogP contribution in [0.2, 0.25) is 0 Å². The van der Waals surface area contributed by atoms with Gasteiger partial charge < -0.3 is 10.8 Å². The molecule has 0 amide bonds. The second-order valence-corrected chi connectivity index (χ2v) is 2.33. The van der Waals surface area contributed by atoms with Crippen molar-refractivity contribution in [2.75, 3.05) is 0 Å². The molecule has 0 fully saturated rings. The summed E-state index contributed by atoms with van der Waals surface area (Å²) in [5.41, 5.74) is 5.29. The lowest BCUT2D eigenvalue weighted by Gasteiger charge is -1.81. The number of rotatable bonds is 1. The van der Waals surface area contributed by atoms with Crippen molar-refractivity contribution in [3.05, 3.63) is 12.2 Å². The SMILES string of the molecule is C=C(C)C(=O)O.CC(C)N. The van der Waals surface area contributed by atoms with Gasteiger partial charge in [-0.3, -0.25) is 0 Å². The normalized spacial score (nSPS) is 8.10. The minimum Gasteiger partial charge on any atom is -0.478 e. The van der Waals surface area contributed by atoms with Crippen molar-refractivity contribution >= 4 is 5.97 Å². The van der Waals surface area contributed by atoms with E-state index in [1.54, 1.807) is 0 Å². The van der Waals surface area contributed by atoms with Gasteiger partial charge in [0.2, 0.25) is 0 Å². The van der Waals surface area contributed by atoms with Crippen LogP contribution in [0.25, 0.3) is 0 Å². The number of carboxylic acid groups (broad SMARTS) is 1. The van der Waals surface area contributed by atoms with Crippen LogP contribution < -0.4 is 5.73 Å². The van der Waals surface area contributed by atoms with E-state index in [0.29, 0.717) is 6.04 Å². The average Bonchev–Trinajstić information content (AvgIpc) is 1.63. The molecule has 0 saturated heterocycles. The largest absolute Gasteiger partial charge is 0.478 e. The molecule has 0 spiro atoms. The van der Waals surface area contributed by atoms with Crippen molar-refractivity contribution in [3.8, 4) is 0 Å². The van der Waals surface area contributed by atoms with Crippen molar-refractivity contribution in [2.24, 2.45) is 5.73 Å². The topological polar surface area (TPSA) is 63.3 Å². The molecule has 0 aromatic rings. The van der Waals surface area contributed by atoms with Crippen LogP contribution in [-0.2, 0) is 4.79 Å². The smallest absolute Gasteiger partial charge is 0.330 e. The maximum Gasteiger partial charge on any atom is 0.330 e. The molecule has 0 atom stereocenters. The molecule has 3 heteroatoms. The van der Waals surface area contributed by atoms with Crippen LogP contribution in [0.3, 0.4) is 0 Å². The van der Waals surface area contributed by atoms with E-state index in [2.05, 4.69) is 6.58 Å². The molecular formula is C7H15NO2. The number of hydrogen-bond donors (Lipinski definition) is 2. The molecule has 0 heterocycles. The van der Waals surface area contributed by atoms with Crippen LogP contribution >= 0.6 is 0 Å². The molecule has 0 aliphatic heterocycles. The van der Waals surface area contributed by atoms with Gasteiger partial charge in [-0.25, -0.2) is 4.79 Å². The molecule has 0 radical (unpaired) electrons. The fourth-order valence-electron chi connectivity index (χ4n) is 0. The summed E-state index contributed by atoms with van der Waals surface area (Å²) in [7, 11) is 0. The van der Waals surface area contributed by atoms with E-state index in [1.165, 1.54) is 6.92 Å². The first-order valence-electron chi connectivity index (χ1n) is 3.02. The van der Waals surface area contributed by atoms with E-state index in [4.69, 9.17) is 10.8 Å². The minimum absolute atomic E-state index is 0.176. The number of carbonyl (C=O) groups is 1. The molecule has 0 aromatic heterocycles. The van der Waals surface area contributed by atoms with E-state index in [0.717, 1.165) is 0 Å². The van der Waals surface area contributed by atoms with Gasteiger partial charge in [0.15, 0.2) is 0 Å². The fraction of sp³-hybridized carbons (Fsp3) is 0.571. The monoisotopic (exact) mass is 145 g/mol. The van der Waals surface area contributed by atoms with Gasteiger partial charge in [0.1, 0.15) is 0 Å². The molecule has 0 unspecified atom stereocenters. The van der Waals surface area contributed by atoms with Gasteiger partial charge in [0.25, 0.3) is 0 Å². The molecule has 10 heavy (non-hydrogen) atoms. The summed E-state index contributed by atoms with van der Waals surface area (Å²) in [6.45, 7) is 8.49. The standard InChI is InChI=1S/C4H6O2.C3H9N/c1-3(2)4(5)6;1-3(2)4/h1H2,2H3,(H,5,6);3H,4H2,1-2H3. The average molecular weight is 145 g/mol. The van der Waals surface area contributed by atoms with Crippen LogP contribution in [0.5, 0.6) is 0 Å². The number of aliphatic carboxylic acids is 1. The van der Waals surface area contributed by atoms with Gasteiger partial charge in [-0.1, -0.05) is 20.4 Å². The van der Waals surface area contributed by atoms with Crippen LogP contribution in [0.4, 0.5) is 0 Å². The molecule has 0 aromatic carbocycles. The van der Waals surface area contributed by atoms with Gasteiger partial charge in [-0.05, 0) is 13.0 Å². The molecule has 3 N–H and O–H groups in total. The quantitative estimate of drug-likeness (QED) is 0.541. The fourth-order valence-corrected chi connectivity index (χ4v) is 0. The van der Waals surface area contributed by atoms with Gasteiger partial charge in [-0.2, -0.15) is 0 Å². The van der Waals surface area contributed by atoms with Crippen molar-refractivity contribution < 1.29 is 9.90 Å². The molecule has 0 saturated carbocycles. The number of carboxylic acids is 1. The Hall–Kier alpha value is -0.830. The molecular weight excluding hydrogens is 130 g/mol. The second-order valence-electron chi connectivity index (χ2n) is 2.33. The minimum atomic E-state index is -0.935. The van der Waals surface area contributed by atoms with Gasteiger partial charge in [-0.15, -0.1) is 0 Å². The third-order valence-corrected chi connectivity index (χ3v) is 0.365. The zero-order chi connectivity index (χ0) is 8.73. The highest BCUT2D eigenvalue weighted by molar-refractivity contribution is 5.84. The first-order chi connectivity index (χ1) is 4.37. The van der Waals surface area contributed by atoms with E-state index in [9.17, 15) is 4.79 Å². The maximum atomic E-state index is 9.60. The molecule has 0 aliphatic carbocycles. The lowest BCUT2D eigenvalue weighted by atomic mass is 10.4. The summed E-state index contributed by atoms with van der Waals surface area (Å²) in [5, 5.41) is 7.89. The highest BCUT2D eigenvalue weighted by Crippen LogP contribution is 1.81. The molecule has 0 rings (SSSR count). The molecule has 0 aliphatic rings. The Balaban J connectivity index is 0. The van der Waals surface area contributed by atoms with E-state index in [1.807, 2.05) is 13.8 Å². The first-order valence-corrected chi connectivity index (χ1v) is 3.02. The summed E-state index contributed by atoms with van der Waals surface area (Å²) in [5.74, 6) is -0.935. The Morgan fingerprint density at radius 1 is 1.60 bits per heavy atom. The Morgan fingerprint density at radius 3 is 1.70 bits per heavy atom. The Bertz CT molecular complexity index is 104. The Labute approximate surface area is 61.5 Å². The molecule has 60 valence electrons. The Kier molecular flexibility index (Phi) is 7.49. The maximum absolute atomic E-state index is 9.60. The zero-order valence-corrected chi connectivity index (χ0v) is 6.72. The highest BCUT2D eigenvalue weighted by atomic mass is 16.4. The van der Waals surface area contributed by atoms with Crippen molar-refractivity contribution in [1.29, 1.82) is 0 Å². The third kappa shape index (κ3) is 27.2. The van der Waals surface area contributed by atoms with Crippen LogP contribution in [0.15, 0.2) is 12.2 Å². The van der Waals surface area contributed by atoms with Crippen molar-refractivity contribution in [3.63, 3.8) is 0 Å². The van der Waals surface area contributed by atoms with Crippen LogP contribution in [0.1, 0.15) is 20.8 Å². The van der Waals surface area contributed by atoms with Crippen molar-refractivity contribution in [2.45, 2.75) is 26.8 Å². The Morgan fingerprint density at radius 2 is 1.70 bits per heavy atom. The molecule has 3 nitrogen and oxygen atoms in total. The summed E-state index contributed by atoms with van der Waals surface area (Å²) >= 11 is 0. The van der Waals surface area contributed by atoms with E-state index >= 15 is 0 Å². The second kappa shape index (κ2) is 6.29. The predicted molar refractivity (Wildman–Crippen MR) is 41.8 cm³/mol. The number of nitrogens with two attached hydrogens (primary N) is 1. The summed E-state index contributed by atoms with van der Waals surface area (Å²) < 4.78 is 0. The summed E-state index contributed by atoms with van der Waals surface area (Å²) in [4.78, 5) is 9.60. The lowest BCUT2D eigenvalue weighted by Crippen LogP contribution is -2.06. The van der Waals surface area contributed by atoms with Gasteiger partial charge >= 0.3 is 5.97 Å².